The lowest BCUT2D eigenvalue weighted by molar-refractivity contribution is 0.101. The molecule has 3 nitrogen and oxygen atoms in total. The minimum atomic E-state index is -0.329. The molecule has 19 heavy (non-hydrogen) atoms. The molecule has 0 spiro atoms. The Labute approximate surface area is 112 Å². The number of rotatable bonds is 4. The van der Waals surface area contributed by atoms with Crippen molar-refractivity contribution in [3.63, 3.8) is 0 Å². The molecule has 0 saturated heterocycles. The van der Waals surface area contributed by atoms with Crippen molar-refractivity contribution in [2.75, 3.05) is 0 Å². The SMILES string of the molecule is CCCn1cc(-c2cc(C(C)=O)ccc2F)c(C)n1. The summed E-state index contributed by atoms with van der Waals surface area (Å²) in [6.45, 7) is 6.19. The first-order chi connectivity index (χ1) is 9.02. The molecule has 0 aliphatic heterocycles. The lowest BCUT2D eigenvalue weighted by Gasteiger charge is -2.04. The Kier molecular flexibility index (Phi) is 3.79. The number of halogens is 1. The third kappa shape index (κ3) is 2.72. The van der Waals surface area contributed by atoms with Crippen LogP contribution in [-0.4, -0.2) is 15.6 Å². The number of Topliss-reactive ketones (excluding diaryl/α,β-unsaturated/α-hetero) is 1. The fourth-order valence-corrected chi connectivity index (χ4v) is 2.08. The van der Waals surface area contributed by atoms with Crippen LogP contribution in [0, 0.1) is 12.7 Å². The van der Waals surface area contributed by atoms with Gasteiger partial charge in [0.25, 0.3) is 0 Å². The minimum Gasteiger partial charge on any atom is -0.295 e. The standard InChI is InChI=1S/C15H17FN2O/c1-4-7-18-9-14(10(2)17-18)13-8-12(11(3)19)5-6-15(13)16/h5-6,8-9H,4,7H2,1-3H3. The normalized spacial score (nSPS) is 10.7. The fourth-order valence-electron chi connectivity index (χ4n) is 2.08. The van der Waals surface area contributed by atoms with Gasteiger partial charge in [-0.1, -0.05) is 6.92 Å². The molecule has 0 unspecified atom stereocenters. The molecule has 0 fully saturated rings. The maximum Gasteiger partial charge on any atom is 0.159 e. The van der Waals surface area contributed by atoms with Crippen molar-refractivity contribution < 1.29 is 9.18 Å². The lowest BCUT2D eigenvalue weighted by Crippen LogP contribution is -1.96. The third-order valence-electron chi connectivity index (χ3n) is 3.06. The van der Waals surface area contributed by atoms with Crippen LogP contribution in [0.5, 0.6) is 0 Å². The number of ketones is 1. The maximum absolute atomic E-state index is 13.9. The highest BCUT2D eigenvalue weighted by atomic mass is 19.1. The van der Waals surface area contributed by atoms with E-state index in [9.17, 15) is 9.18 Å². The third-order valence-corrected chi connectivity index (χ3v) is 3.06. The highest BCUT2D eigenvalue weighted by molar-refractivity contribution is 5.95. The number of benzene rings is 1. The van der Waals surface area contributed by atoms with Crippen LogP contribution in [0.25, 0.3) is 11.1 Å². The second-order valence-electron chi connectivity index (χ2n) is 4.64. The van der Waals surface area contributed by atoms with Gasteiger partial charge in [-0.2, -0.15) is 5.10 Å². The molecule has 0 radical (unpaired) electrons. The first-order valence-corrected chi connectivity index (χ1v) is 6.37. The molecule has 1 aromatic heterocycles. The maximum atomic E-state index is 13.9. The van der Waals surface area contributed by atoms with Gasteiger partial charge >= 0.3 is 0 Å². The van der Waals surface area contributed by atoms with Gasteiger partial charge in [0.15, 0.2) is 5.78 Å². The molecule has 0 bridgehead atoms. The summed E-state index contributed by atoms with van der Waals surface area (Å²) >= 11 is 0. The van der Waals surface area contributed by atoms with Gasteiger partial charge in [0.2, 0.25) is 0 Å². The molecule has 0 aliphatic carbocycles. The number of nitrogens with zero attached hydrogens (tertiary/aromatic N) is 2. The molecule has 0 aliphatic rings. The Morgan fingerprint density at radius 1 is 1.37 bits per heavy atom. The molecule has 1 heterocycles. The zero-order valence-electron chi connectivity index (χ0n) is 11.4. The largest absolute Gasteiger partial charge is 0.295 e. The van der Waals surface area contributed by atoms with Crippen LogP contribution in [0.3, 0.4) is 0 Å². The van der Waals surface area contributed by atoms with Crippen molar-refractivity contribution in [3.05, 3.63) is 41.5 Å². The van der Waals surface area contributed by atoms with Gasteiger partial charge in [-0.15, -0.1) is 0 Å². The second-order valence-corrected chi connectivity index (χ2v) is 4.64. The van der Waals surface area contributed by atoms with E-state index >= 15 is 0 Å². The molecule has 2 aromatic rings. The van der Waals surface area contributed by atoms with Crippen LogP contribution in [0.15, 0.2) is 24.4 Å². The van der Waals surface area contributed by atoms with Crippen molar-refractivity contribution in [2.24, 2.45) is 0 Å². The summed E-state index contributed by atoms with van der Waals surface area (Å²) in [7, 11) is 0. The fraction of sp³-hybridized carbons (Fsp3) is 0.333. The summed E-state index contributed by atoms with van der Waals surface area (Å²) in [4.78, 5) is 11.4. The Morgan fingerprint density at radius 3 is 2.74 bits per heavy atom. The number of aryl methyl sites for hydroxylation is 2. The summed E-state index contributed by atoms with van der Waals surface area (Å²) in [5.41, 5.74) is 2.47. The van der Waals surface area contributed by atoms with Crippen molar-refractivity contribution in [3.8, 4) is 11.1 Å². The number of hydrogen-bond acceptors (Lipinski definition) is 2. The number of aromatic nitrogens is 2. The quantitative estimate of drug-likeness (QED) is 0.787. The molecule has 0 saturated carbocycles. The molecule has 0 N–H and O–H groups in total. The zero-order chi connectivity index (χ0) is 14.0. The molecule has 4 heteroatoms. The topological polar surface area (TPSA) is 34.9 Å². The molecule has 1 aromatic carbocycles. The monoisotopic (exact) mass is 260 g/mol. The van der Waals surface area contributed by atoms with Crippen LogP contribution in [0.2, 0.25) is 0 Å². The molecule has 100 valence electrons. The predicted octanol–water partition coefficient (Wildman–Crippen LogP) is 3.61. The highest BCUT2D eigenvalue weighted by Crippen LogP contribution is 2.26. The van der Waals surface area contributed by atoms with Gasteiger partial charge in [0, 0.05) is 29.4 Å². The number of carbonyl (C=O) groups is 1. The summed E-state index contributed by atoms with van der Waals surface area (Å²) < 4.78 is 15.8. The van der Waals surface area contributed by atoms with Crippen LogP contribution >= 0.6 is 0 Å². The first-order valence-electron chi connectivity index (χ1n) is 6.37. The Bertz CT molecular complexity index is 617. The smallest absolute Gasteiger partial charge is 0.159 e. The van der Waals surface area contributed by atoms with E-state index in [0.29, 0.717) is 11.1 Å². The average Bonchev–Trinajstić information content (AvgIpc) is 2.71. The van der Waals surface area contributed by atoms with Gasteiger partial charge in [0.1, 0.15) is 5.82 Å². The van der Waals surface area contributed by atoms with Crippen LogP contribution in [0.1, 0.15) is 36.3 Å². The van der Waals surface area contributed by atoms with Gasteiger partial charge in [-0.25, -0.2) is 4.39 Å². The number of hydrogen-bond donors (Lipinski definition) is 0. The Hall–Kier alpha value is -1.97. The van der Waals surface area contributed by atoms with Crippen LogP contribution in [0.4, 0.5) is 4.39 Å². The van der Waals surface area contributed by atoms with E-state index in [1.54, 1.807) is 6.07 Å². The summed E-state index contributed by atoms with van der Waals surface area (Å²) in [6.07, 6.45) is 2.80. The van der Waals surface area contributed by atoms with E-state index < -0.39 is 0 Å². The molecule has 2 rings (SSSR count). The van der Waals surface area contributed by atoms with E-state index in [1.807, 2.05) is 17.8 Å². The van der Waals surface area contributed by atoms with Crippen molar-refractivity contribution in [2.45, 2.75) is 33.7 Å². The van der Waals surface area contributed by atoms with Crippen molar-refractivity contribution >= 4 is 5.78 Å². The molecule has 0 atom stereocenters. The van der Waals surface area contributed by atoms with Gasteiger partial charge in [-0.3, -0.25) is 9.48 Å². The van der Waals surface area contributed by atoms with Crippen LogP contribution in [-0.2, 0) is 6.54 Å². The van der Waals surface area contributed by atoms with E-state index in [-0.39, 0.29) is 11.6 Å². The minimum absolute atomic E-state index is 0.0696. The summed E-state index contributed by atoms with van der Waals surface area (Å²) in [5, 5.41) is 4.36. The van der Waals surface area contributed by atoms with Gasteiger partial charge < -0.3 is 0 Å². The zero-order valence-corrected chi connectivity index (χ0v) is 11.4. The lowest BCUT2D eigenvalue weighted by atomic mass is 10.0. The van der Waals surface area contributed by atoms with Gasteiger partial charge in [-0.05, 0) is 38.5 Å². The second kappa shape index (κ2) is 5.34. The van der Waals surface area contributed by atoms with Gasteiger partial charge in [0.05, 0.1) is 5.69 Å². The highest BCUT2D eigenvalue weighted by Gasteiger charge is 2.13. The average molecular weight is 260 g/mol. The van der Waals surface area contributed by atoms with Crippen molar-refractivity contribution in [1.29, 1.82) is 0 Å². The van der Waals surface area contributed by atoms with E-state index in [0.717, 1.165) is 24.2 Å². The Morgan fingerprint density at radius 2 is 2.11 bits per heavy atom. The summed E-state index contributed by atoms with van der Waals surface area (Å²) in [6, 6.07) is 4.44. The molecule has 0 amide bonds. The number of carbonyl (C=O) groups excluding carboxylic acids is 1. The molecular weight excluding hydrogens is 243 g/mol. The first kappa shape index (κ1) is 13.5. The van der Waals surface area contributed by atoms with E-state index in [4.69, 9.17) is 0 Å². The van der Waals surface area contributed by atoms with E-state index in [1.165, 1.54) is 19.1 Å². The van der Waals surface area contributed by atoms with Crippen molar-refractivity contribution in [1.82, 2.24) is 9.78 Å². The molecular formula is C15H17FN2O. The predicted molar refractivity (Wildman–Crippen MR) is 72.7 cm³/mol. The summed E-state index contributed by atoms with van der Waals surface area (Å²) in [5.74, 6) is -0.399. The Balaban J connectivity index is 2.51. The van der Waals surface area contributed by atoms with Crippen LogP contribution < -0.4 is 0 Å². The van der Waals surface area contributed by atoms with E-state index in [2.05, 4.69) is 12.0 Å².